The molecular weight excluding hydrogens is 285 g/mol. The Morgan fingerprint density at radius 1 is 1.05 bits per heavy atom. The van der Waals surface area contributed by atoms with Gasteiger partial charge in [-0.25, -0.2) is 4.79 Å². The summed E-state index contributed by atoms with van der Waals surface area (Å²) in [5, 5.41) is 8.84. The number of hydrogen-bond donors (Lipinski definition) is 1. The lowest BCUT2D eigenvalue weighted by Gasteiger charge is -2.12. The second-order valence-corrected chi connectivity index (χ2v) is 4.29. The van der Waals surface area contributed by atoms with Crippen LogP contribution >= 0.6 is 0 Å². The molecule has 0 saturated heterocycles. The van der Waals surface area contributed by atoms with Crippen LogP contribution in [0.25, 0.3) is 11.1 Å². The molecule has 0 aliphatic carbocycles. The predicted octanol–water partition coefficient (Wildman–Crippen LogP) is 4.08. The summed E-state index contributed by atoms with van der Waals surface area (Å²) in [7, 11) is 1.48. The Kier molecular flexibility index (Phi) is 3.88. The standard InChI is InChI=1S/C15H11F3O3/c1-21-11-5-2-9(3-6-11)10-4-7-12(14(19)20)13(8-10)15(16,17)18/h2-8H,1H3,(H,19,20). The first-order valence-electron chi connectivity index (χ1n) is 5.92. The minimum Gasteiger partial charge on any atom is -0.497 e. The van der Waals surface area contributed by atoms with E-state index in [1.54, 1.807) is 24.3 Å². The van der Waals surface area contributed by atoms with Gasteiger partial charge in [0.2, 0.25) is 0 Å². The number of hydrogen-bond acceptors (Lipinski definition) is 2. The molecule has 0 radical (unpaired) electrons. The number of methoxy groups -OCH3 is 1. The van der Waals surface area contributed by atoms with E-state index in [9.17, 15) is 18.0 Å². The Morgan fingerprint density at radius 2 is 1.62 bits per heavy atom. The Morgan fingerprint density at radius 3 is 2.10 bits per heavy atom. The van der Waals surface area contributed by atoms with Gasteiger partial charge in [-0.15, -0.1) is 0 Å². The van der Waals surface area contributed by atoms with Crippen molar-refractivity contribution in [1.82, 2.24) is 0 Å². The second kappa shape index (κ2) is 5.47. The fraction of sp³-hybridized carbons (Fsp3) is 0.133. The van der Waals surface area contributed by atoms with Crippen molar-refractivity contribution in [1.29, 1.82) is 0 Å². The number of carbonyl (C=O) groups is 1. The number of benzene rings is 2. The van der Waals surface area contributed by atoms with Crippen molar-refractivity contribution in [3.63, 3.8) is 0 Å². The summed E-state index contributed by atoms with van der Waals surface area (Å²) in [6.07, 6.45) is -4.73. The van der Waals surface area contributed by atoms with Gasteiger partial charge in [0.1, 0.15) is 5.75 Å². The molecule has 0 spiro atoms. The van der Waals surface area contributed by atoms with Gasteiger partial charge in [0.05, 0.1) is 18.2 Å². The third kappa shape index (κ3) is 3.16. The zero-order valence-electron chi connectivity index (χ0n) is 10.9. The van der Waals surface area contributed by atoms with Crippen molar-refractivity contribution in [3.05, 3.63) is 53.6 Å². The number of halogens is 3. The van der Waals surface area contributed by atoms with Crippen LogP contribution < -0.4 is 4.74 Å². The van der Waals surface area contributed by atoms with E-state index in [0.717, 1.165) is 12.1 Å². The van der Waals surface area contributed by atoms with Gasteiger partial charge in [0, 0.05) is 0 Å². The van der Waals surface area contributed by atoms with Gasteiger partial charge in [-0.2, -0.15) is 13.2 Å². The molecule has 0 aromatic heterocycles. The molecule has 0 unspecified atom stereocenters. The van der Waals surface area contributed by atoms with Gasteiger partial charge >= 0.3 is 12.1 Å². The van der Waals surface area contributed by atoms with E-state index in [4.69, 9.17) is 9.84 Å². The molecule has 0 aliphatic heterocycles. The third-order valence-electron chi connectivity index (χ3n) is 2.98. The van der Waals surface area contributed by atoms with E-state index < -0.39 is 23.3 Å². The summed E-state index contributed by atoms with van der Waals surface area (Å²) in [6.45, 7) is 0. The first-order valence-corrected chi connectivity index (χ1v) is 5.92. The molecule has 0 saturated carbocycles. The maximum Gasteiger partial charge on any atom is 0.417 e. The van der Waals surface area contributed by atoms with Gasteiger partial charge < -0.3 is 9.84 Å². The Labute approximate surface area is 118 Å². The van der Waals surface area contributed by atoms with Crippen molar-refractivity contribution >= 4 is 5.97 Å². The summed E-state index contributed by atoms with van der Waals surface area (Å²) in [6, 6.07) is 9.60. The monoisotopic (exact) mass is 296 g/mol. The maximum atomic E-state index is 12.9. The van der Waals surface area contributed by atoms with E-state index in [2.05, 4.69) is 0 Å². The van der Waals surface area contributed by atoms with Crippen LogP contribution in [0.15, 0.2) is 42.5 Å². The highest BCUT2D eigenvalue weighted by atomic mass is 19.4. The maximum absolute atomic E-state index is 12.9. The first kappa shape index (κ1) is 14.9. The number of carboxylic acid groups (broad SMARTS) is 1. The summed E-state index contributed by atoms with van der Waals surface area (Å²) in [4.78, 5) is 10.9. The quantitative estimate of drug-likeness (QED) is 0.928. The Balaban J connectivity index is 2.53. The molecule has 1 N–H and O–H groups in total. The van der Waals surface area contributed by atoms with Crippen LogP contribution in [-0.2, 0) is 6.18 Å². The minimum absolute atomic E-state index is 0.287. The van der Waals surface area contributed by atoms with Gasteiger partial charge in [-0.05, 0) is 35.4 Å². The van der Waals surface area contributed by atoms with Crippen molar-refractivity contribution in [2.75, 3.05) is 7.11 Å². The van der Waals surface area contributed by atoms with Crippen molar-refractivity contribution in [2.24, 2.45) is 0 Å². The molecular formula is C15H11F3O3. The number of alkyl halides is 3. The third-order valence-corrected chi connectivity index (χ3v) is 2.98. The molecule has 0 aliphatic rings. The lowest BCUT2D eigenvalue weighted by atomic mass is 9.98. The average Bonchev–Trinajstić information content (AvgIpc) is 2.45. The van der Waals surface area contributed by atoms with Crippen LogP contribution in [0, 0.1) is 0 Å². The summed E-state index contributed by atoms with van der Waals surface area (Å²) >= 11 is 0. The zero-order chi connectivity index (χ0) is 15.6. The van der Waals surface area contributed by atoms with Crippen LogP contribution in [0.1, 0.15) is 15.9 Å². The highest BCUT2D eigenvalue weighted by molar-refractivity contribution is 5.90. The van der Waals surface area contributed by atoms with E-state index in [0.29, 0.717) is 11.3 Å². The highest BCUT2D eigenvalue weighted by Crippen LogP contribution is 2.35. The van der Waals surface area contributed by atoms with Crippen LogP contribution in [0.4, 0.5) is 13.2 Å². The lowest BCUT2D eigenvalue weighted by Crippen LogP contribution is -2.12. The summed E-state index contributed by atoms with van der Waals surface area (Å²) in [5.41, 5.74) is -1.10. The van der Waals surface area contributed by atoms with E-state index in [1.807, 2.05) is 0 Å². The molecule has 2 aromatic carbocycles. The van der Waals surface area contributed by atoms with Gasteiger partial charge in [-0.1, -0.05) is 18.2 Å². The summed E-state index contributed by atoms with van der Waals surface area (Å²) < 4.78 is 43.8. The molecule has 21 heavy (non-hydrogen) atoms. The number of rotatable bonds is 3. The normalized spacial score (nSPS) is 11.2. The highest BCUT2D eigenvalue weighted by Gasteiger charge is 2.35. The fourth-order valence-electron chi connectivity index (χ4n) is 1.93. The van der Waals surface area contributed by atoms with Crippen LogP contribution in [-0.4, -0.2) is 18.2 Å². The average molecular weight is 296 g/mol. The van der Waals surface area contributed by atoms with E-state index in [-0.39, 0.29) is 5.56 Å². The van der Waals surface area contributed by atoms with Gasteiger partial charge in [0.25, 0.3) is 0 Å². The molecule has 0 bridgehead atoms. The Bertz CT molecular complexity index is 661. The van der Waals surface area contributed by atoms with Gasteiger partial charge in [-0.3, -0.25) is 0 Å². The van der Waals surface area contributed by atoms with Crippen molar-refractivity contribution in [3.8, 4) is 16.9 Å². The molecule has 0 atom stereocenters. The molecule has 3 nitrogen and oxygen atoms in total. The van der Waals surface area contributed by atoms with Crippen molar-refractivity contribution in [2.45, 2.75) is 6.18 Å². The SMILES string of the molecule is COc1ccc(-c2ccc(C(=O)O)c(C(F)(F)F)c2)cc1. The number of ether oxygens (including phenoxy) is 1. The van der Waals surface area contributed by atoms with E-state index >= 15 is 0 Å². The molecule has 0 fully saturated rings. The topological polar surface area (TPSA) is 46.5 Å². The van der Waals surface area contributed by atoms with Crippen LogP contribution in [0.5, 0.6) is 5.75 Å². The van der Waals surface area contributed by atoms with Gasteiger partial charge in [0.15, 0.2) is 0 Å². The first-order chi connectivity index (χ1) is 9.82. The molecule has 0 amide bonds. The molecule has 0 heterocycles. The molecule has 110 valence electrons. The summed E-state index contributed by atoms with van der Waals surface area (Å²) in [5.74, 6) is -1.03. The Hall–Kier alpha value is -2.50. The smallest absolute Gasteiger partial charge is 0.417 e. The zero-order valence-corrected chi connectivity index (χ0v) is 10.9. The predicted molar refractivity (Wildman–Crippen MR) is 70.4 cm³/mol. The van der Waals surface area contributed by atoms with E-state index in [1.165, 1.54) is 13.2 Å². The second-order valence-electron chi connectivity index (χ2n) is 4.29. The number of carboxylic acids is 1. The largest absolute Gasteiger partial charge is 0.497 e. The lowest BCUT2D eigenvalue weighted by molar-refractivity contribution is -0.138. The van der Waals surface area contributed by atoms with Crippen molar-refractivity contribution < 1.29 is 27.8 Å². The van der Waals surface area contributed by atoms with Crippen LogP contribution in [0.3, 0.4) is 0 Å². The molecule has 6 heteroatoms. The minimum atomic E-state index is -4.73. The fourth-order valence-corrected chi connectivity index (χ4v) is 1.93. The van der Waals surface area contributed by atoms with Crippen LogP contribution in [0.2, 0.25) is 0 Å². The molecule has 2 rings (SSSR count). The molecule has 2 aromatic rings. The number of aromatic carboxylic acids is 1.